The molecule has 2 saturated carbocycles. The van der Waals surface area contributed by atoms with Crippen molar-refractivity contribution in [1.82, 2.24) is 9.88 Å². The Bertz CT molecular complexity index is 642. The summed E-state index contributed by atoms with van der Waals surface area (Å²) in [6, 6.07) is 5.92. The SMILES string of the molecule is O=C(C1[C@H]2COC[C@@H]12)N1C[C@H]2CCC[C@@]2(COCc2ccccn2)C1. The highest BCUT2D eigenvalue weighted by Crippen LogP contribution is 2.54. The average molecular weight is 342 g/mol. The summed E-state index contributed by atoms with van der Waals surface area (Å²) in [6.07, 6.45) is 5.49. The molecule has 5 heteroatoms. The molecule has 1 aromatic rings. The number of amides is 1. The van der Waals surface area contributed by atoms with Crippen LogP contribution in [0.3, 0.4) is 0 Å². The van der Waals surface area contributed by atoms with Crippen LogP contribution in [0.15, 0.2) is 24.4 Å². The second-order valence-corrected chi connectivity index (χ2v) is 8.38. The molecule has 25 heavy (non-hydrogen) atoms. The van der Waals surface area contributed by atoms with Crippen LogP contribution in [-0.4, -0.2) is 48.7 Å². The molecule has 4 fully saturated rings. The van der Waals surface area contributed by atoms with Crippen LogP contribution in [0.5, 0.6) is 0 Å². The fourth-order valence-electron chi connectivity index (χ4n) is 5.48. The highest BCUT2D eigenvalue weighted by atomic mass is 16.5. The number of carbonyl (C=O) groups excluding carboxylic acids is 1. The first-order chi connectivity index (χ1) is 12.3. The number of hydrogen-bond donors (Lipinski definition) is 0. The summed E-state index contributed by atoms with van der Waals surface area (Å²) in [4.78, 5) is 19.4. The maximum Gasteiger partial charge on any atom is 0.226 e. The zero-order chi connectivity index (χ0) is 16.9. The Balaban J connectivity index is 1.21. The van der Waals surface area contributed by atoms with Gasteiger partial charge in [0.25, 0.3) is 0 Å². The fourth-order valence-corrected chi connectivity index (χ4v) is 5.48. The molecule has 4 aliphatic rings. The number of pyridine rings is 1. The van der Waals surface area contributed by atoms with Crippen molar-refractivity contribution in [3.63, 3.8) is 0 Å². The van der Waals surface area contributed by atoms with E-state index in [1.807, 2.05) is 24.4 Å². The molecule has 2 saturated heterocycles. The van der Waals surface area contributed by atoms with Crippen molar-refractivity contribution < 1.29 is 14.3 Å². The Morgan fingerprint density at radius 1 is 1.36 bits per heavy atom. The predicted molar refractivity (Wildman–Crippen MR) is 91.5 cm³/mol. The first-order valence-electron chi connectivity index (χ1n) is 9.61. The topological polar surface area (TPSA) is 51.7 Å². The van der Waals surface area contributed by atoms with Crippen molar-refractivity contribution in [2.24, 2.45) is 29.1 Å². The van der Waals surface area contributed by atoms with E-state index in [4.69, 9.17) is 9.47 Å². The van der Waals surface area contributed by atoms with E-state index in [-0.39, 0.29) is 11.3 Å². The number of nitrogens with zero attached hydrogens (tertiary/aromatic N) is 2. The highest BCUT2D eigenvalue weighted by Gasteiger charge is 2.61. The number of hydrogen-bond acceptors (Lipinski definition) is 4. The van der Waals surface area contributed by atoms with E-state index in [2.05, 4.69) is 9.88 Å². The second-order valence-electron chi connectivity index (χ2n) is 8.38. The standard InChI is InChI=1S/C20H26N2O3/c23-19(18-16-10-24-11-17(16)18)22-8-14-4-3-6-20(14,12-22)13-25-9-15-5-1-2-7-21-15/h1-2,5,7,14,16-18H,3-4,6,8-13H2/t14-,16-,17+,18?,20+/m1/s1. The van der Waals surface area contributed by atoms with Gasteiger partial charge in [-0.2, -0.15) is 0 Å². The van der Waals surface area contributed by atoms with Gasteiger partial charge in [0.05, 0.1) is 32.1 Å². The molecule has 0 spiro atoms. The summed E-state index contributed by atoms with van der Waals surface area (Å²) in [5.74, 6) is 2.25. The van der Waals surface area contributed by atoms with E-state index in [0.717, 1.165) is 38.6 Å². The van der Waals surface area contributed by atoms with E-state index in [9.17, 15) is 4.79 Å². The molecule has 2 aliphatic heterocycles. The summed E-state index contributed by atoms with van der Waals surface area (Å²) in [7, 11) is 0. The molecule has 134 valence electrons. The molecule has 5 nitrogen and oxygen atoms in total. The lowest BCUT2D eigenvalue weighted by molar-refractivity contribution is -0.133. The highest BCUT2D eigenvalue weighted by molar-refractivity contribution is 5.83. The van der Waals surface area contributed by atoms with Gasteiger partial charge in [-0.1, -0.05) is 12.5 Å². The minimum absolute atomic E-state index is 0.172. The van der Waals surface area contributed by atoms with Gasteiger partial charge >= 0.3 is 0 Å². The Hall–Kier alpha value is -1.46. The van der Waals surface area contributed by atoms with Crippen LogP contribution in [-0.2, 0) is 20.9 Å². The summed E-state index contributed by atoms with van der Waals surface area (Å²) in [6.45, 7) is 4.71. The van der Waals surface area contributed by atoms with E-state index >= 15 is 0 Å². The van der Waals surface area contributed by atoms with Crippen LogP contribution in [0.4, 0.5) is 0 Å². The van der Waals surface area contributed by atoms with Crippen molar-refractivity contribution in [2.75, 3.05) is 32.9 Å². The summed E-state index contributed by atoms with van der Waals surface area (Å²) < 4.78 is 11.5. The lowest BCUT2D eigenvalue weighted by atomic mass is 9.81. The maximum atomic E-state index is 12.9. The molecule has 5 rings (SSSR count). The number of ether oxygens (including phenoxy) is 2. The van der Waals surface area contributed by atoms with E-state index in [0.29, 0.717) is 30.3 Å². The number of carbonyl (C=O) groups is 1. The molecule has 2 aliphatic carbocycles. The molecule has 1 aromatic heterocycles. The third kappa shape index (κ3) is 2.68. The molecule has 0 aromatic carbocycles. The van der Waals surface area contributed by atoms with Crippen LogP contribution in [0.25, 0.3) is 0 Å². The molecular formula is C20H26N2O3. The second kappa shape index (κ2) is 6.06. The van der Waals surface area contributed by atoms with Gasteiger partial charge in [-0.15, -0.1) is 0 Å². The third-order valence-corrected chi connectivity index (χ3v) is 6.95. The average Bonchev–Trinajstić information content (AvgIpc) is 3.00. The van der Waals surface area contributed by atoms with Crippen molar-refractivity contribution in [3.8, 4) is 0 Å². The molecule has 0 N–H and O–H groups in total. The van der Waals surface area contributed by atoms with Crippen LogP contribution < -0.4 is 0 Å². The van der Waals surface area contributed by atoms with Gasteiger partial charge in [0, 0.05) is 30.6 Å². The van der Waals surface area contributed by atoms with E-state index < -0.39 is 0 Å². The lowest BCUT2D eigenvalue weighted by Gasteiger charge is -2.28. The van der Waals surface area contributed by atoms with Gasteiger partial charge in [-0.05, 0) is 42.7 Å². The van der Waals surface area contributed by atoms with E-state index in [1.54, 1.807) is 0 Å². The maximum absolute atomic E-state index is 12.9. The molecule has 0 bridgehead atoms. The summed E-state index contributed by atoms with van der Waals surface area (Å²) in [5, 5.41) is 0. The minimum atomic E-state index is 0.172. The first kappa shape index (κ1) is 15.8. The Kier molecular flexibility index (Phi) is 3.82. The van der Waals surface area contributed by atoms with Gasteiger partial charge in [-0.25, -0.2) is 0 Å². The molecular weight excluding hydrogens is 316 g/mol. The number of aromatic nitrogens is 1. The molecule has 1 amide bonds. The van der Waals surface area contributed by atoms with Crippen LogP contribution in [0.1, 0.15) is 25.0 Å². The Labute approximate surface area is 148 Å². The summed E-state index contributed by atoms with van der Waals surface area (Å²) >= 11 is 0. The zero-order valence-corrected chi connectivity index (χ0v) is 14.6. The normalized spacial score (nSPS) is 38.6. The smallest absolute Gasteiger partial charge is 0.226 e. The number of fused-ring (bicyclic) bond motifs is 2. The zero-order valence-electron chi connectivity index (χ0n) is 14.6. The molecule has 1 unspecified atom stereocenters. The Morgan fingerprint density at radius 2 is 2.24 bits per heavy atom. The molecule has 5 atom stereocenters. The quantitative estimate of drug-likeness (QED) is 0.822. The van der Waals surface area contributed by atoms with Crippen LogP contribution >= 0.6 is 0 Å². The van der Waals surface area contributed by atoms with Crippen molar-refractivity contribution in [1.29, 1.82) is 0 Å². The van der Waals surface area contributed by atoms with Crippen LogP contribution in [0.2, 0.25) is 0 Å². The van der Waals surface area contributed by atoms with Gasteiger partial charge in [0.1, 0.15) is 0 Å². The van der Waals surface area contributed by atoms with Gasteiger partial charge in [-0.3, -0.25) is 9.78 Å². The monoisotopic (exact) mass is 342 g/mol. The van der Waals surface area contributed by atoms with Gasteiger partial charge in [0.15, 0.2) is 0 Å². The van der Waals surface area contributed by atoms with Crippen molar-refractivity contribution >= 4 is 5.91 Å². The van der Waals surface area contributed by atoms with Crippen molar-refractivity contribution in [2.45, 2.75) is 25.9 Å². The first-order valence-corrected chi connectivity index (χ1v) is 9.61. The van der Waals surface area contributed by atoms with Crippen molar-refractivity contribution in [3.05, 3.63) is 30.1 Å². The number of likely N-dealkylation sites (tertiary alicyclic amines) is 1. The number of rotatable bonds is 5. The fraction of sp³-hybridized carbons (Fsp3) is 0.700. The van der Waals surface area contributed by atoms with E-state index in [1.165, 1.54) is 19.3 Å². The molecule has 0 radical (unpaired) electrons. The largest absolute Gasteiger partial charge is 0.381 e. The Morgan fingerprint density at radius 3 is 3.04 bits per heavy atom. The summed E-state index contributed by atoms with van der Waals surface area (Å²) in [5.41, 5.74) is 1.15. The van der Waals surface area contributed by atoms with Gasteiger partial charge in [0.2, 0.25) is 5.91 Å². The molecule has 3 heterocycles. The lowest BCUT2D eigenvalue weighted by Crippen LogP contribution is -2.36. The third-order valence-electron chi connectivity index (χ3n) is 6.95. The predicted octanol–water partition coefficient (Wildman–Crippen LogP) is 2.12. The minimum Gasteiger partial charge on any atom is -0.381 e. The van der Waals surface area contributed by atoms with Crippen LogP contribution in [0, 0.1) is 29.1 Å². The van der Waals surface area contributed by atoms with Gasteiger partial charge < -0.3 is 14.4 Å².